The molecule has 0 aliphatic rings. The number of anilines is 1. The Bertz CT molecular complexity index is 441. The monoisotopic (exact) mass is 234 g/mol. The normalized spacial score (nSPS) is 10.1. The lowest BCUT2D eigenvalue weighted by Gasteiger charge is -2.05. The van der Waals surface area contributed by atoms with Crippen molar-refractivity contribution in [3.8, 4) is 0 Å². The van der Waals surface area contributed by atoms with Crippen molar-refractivity contribution in [1.29, 1.82) is 0 Å². The number of rotatable bonds is 3. The van der Waals surface area contributed by atoms with Gasteiger partial charge < -0.3 is 5.32 Å². The minimum absolute atomic E-state index is 0.238. The summed E-state index contributed by atoms with van der Waals surface area (Å²) in [6.07, 6.45) is 1.61. The Hall–Kier alpha value is -1.68. The quantitative estimate of drug-likeness (QED) is 0.829. The van der Waals surface area contributed by atoms with Gasteiger partial charge in [-0.15, -0.1) is 0 Å². The van der Waals surface area contributed by atoms with Crippen molar-refractivity contribution in [3.05, 3.63) is 47.1 Å². The second-order valence-electron chi connectivity index (χ2n) is 3.33. The van der Waals surface area contributed by atoms with Crippen molar-refractivity contribution in [3.63, 3.8) is 0 Å². The molecule has 0 atom stereocenters. The third kappa shape index (κ3) is 2.90. The highest BCUT2D eigenvalue weighted by atomic mass is 35.5. The number of aryl methyl sites for hydroxylation is 1. The molecule has 0 amide bonds. The SMILES string of the molecule is Cc1cccc(CNc2ccnc(Cl)n2)n1. The summed E-state index contributed by atoms with van der Waals surface area (Å²) in [6, 6.07) is 7.67. The second kappa shape index (κ2) is 4.90. The fourth-order valence-corrected chi connectivity index (χ4v) is 1.46. The fourth-order valence-electron chi connectivity index (χ4n) is 1.31. The summed E-state index contributed by atoms with van der Waals surface area (Å²) in [5.41, 5.74) is 1.97. The molecule has 0 saturated carbocycles. The van der Waals surface area contributed by atoms with Crippen molar-refractivity contribution in [2.24, 2.45) is 0 Å². The van der Waals surface area contributed by atoms with Crippen LogP contribution in [0.2, 0.25) is 5.28 Å². The van der Waals surface area contributed by atoms with Crippen LogP contribution in [0.25, 0.3) is 0 Å². The predicted molar refractivity (Wildman–Crippen MR) is 63.3 cm³/mol. The Morgan fingerprint density at radius 3 is 2.88 bits per heavy atom. The standard InChI is InChI=1S/C11H11ClN4/c1-8-3-2-4-9(15-8)7-14-10-5-6-13-11(12)16-10/h2-6H,7H2,1H3,(H,13,14,16). The first-order valence-electron chi connectivity index (χ1n) is 4.89. The van der Waals surface area contributed by atoms with Crippen molar-refractivity contribution in [1.82, 2.24) is 15.0 Å². The van der Waals surface area contributed by atoms with Crippen LogP contribution in [0.4, 0.5) is 5.82 Å². The molecule has 2 aromatic heterocycles. The second-order valence-corrected chi connectivity index (χ2v) is 3.67. The maximum Gasteiger partial charge on any atom is 0.224 e. The molecule has 0 aliphatic carbocycles. The van der Waals surface area contributed by atoms with E-state index in [1.807, 2.05) is 25.1 Å². The topological polar surface area (TPSA) is 50.7 Å². The molecule has 0 radical (unpaired) electrons. The van der Waals surface area contributed by atoms with Crippen LogP contribution in [0.15, 0.2) is 30.5 Å². The van der Waals surface area contributed by atoms with Gasteiger partial charge in [0.2, 0.25) is 5.28 Å². The van der Waals surface area contributed by atoms with Gasteiger partial charge in [0.05, 0.1) is 12.2 Å². The Balaban J connectivity index is 2.02. The Labute approximate surface area is 98.7 Å². The van der Waals surface area contributed by atoms with Gasteiger partial charge in [-0.3, -0.25) is 4.98 Å². The molecule has 0 fully saturated rings. The van der Waals surface area contributed by atoms with Crippen molar-refractivity contribution >= 4 is 17.4 Å². The lowest BCUT2D eigenvalue weighted by atomic mass is 10.3. The van der Waals surface area contributed by atoms with E-state index in [4.69, 9.17) is 11.6 Å². The van der Waals surface area contributed by atoms with E-state index in [2.05, 4.69) is 20.3 Å². The lowest BCUT2D eigenvalue weighted by Crippen LogP contribution is -2.03. The van der Waals surface area contributed by atoms with Crippen LogP contribution in [0, 0.1) is 6.92 Å². The minimum atomic E-state index is 0.238. The first kappa shape index (κ1) is 10.8. The van der Waals surface area contributed by atoms with Gasteiger partial charge in [0.15, 0.2) is 0 Å². The summed E-state index contributed by atoms with van der Waals surface area (Å²) in [5.74, 6) is 0.698. The van der Waals surface area contributed by atoms with Gasteiger partial charge in [0.25, 0.3) is 0 Å². The molecule has 0 aromatic carbocycles. The first-order valence-corrected chi connectivity index (χ1v) is 5.27. The molecule has 2 rings (SSSR count). The fraction of sp³-hybridized carbons (Fsp3) is 0.182. The number of pyridine rings is 1. The van der Waals surface area contributed by atoms with Gasteiger partial charge in [0, 0.05) is 11.9 Å². The summed E-state index contributed by atoms with van der Waals surface area (Å²) < 4.78 is 0. The van der Waals surface area contributed by atoms with Crippen LogP contribution in [0.3, 0.4) is 0 Å². The molecule has 2 heterocycles. The van der Waals surface area contributed by atoms with E-state index >= 15 is 0 Å². The summed E-state index contributed by atoms with van der Waals surface area (Å²) in [5, 5.41) is 3.37. The van der Waals surface area contributed by atoms with E-state index < -0.39 is 0 Å². The smallest absolute Gasteiger partial charge is 0.224 e. The number of nitrogens with one attached hydrogen (secondary N) is 1. The van der Waals surface area contributed by atoms with Gasteiger partial charge in [-0.2, -0.15) is 0 Å². The molecule has 16 heavy (non-hydrogen) atoms. The molecule has 0 unspecified atom stereocenters. The largest absolute Gasteiger partial charge is 0.364 e. The molecular formula is C11H11ClN4. The number of hydrogen-bond donors (Lipinski definition) is 1. The maximum absolute atomic E-state index is 5.67. The molecule has 0 bridgehead atoms. The molecule has 5 heteroatoms. The highest BCUT2D eigenvalue weighted by Crippen LogP contribution is 2.07. The average molecular weight is 235 g/mol. The number of hydrogen-bond acceptors (Lipinski definition) is 4. The molecular weight excluding hydrogens is 224 g/mol. The summed E-state index contributed by atoms with van der Waals surface area (Å²) >= 11 is 5.67. The Morgan fingerprint density at radius 2 is 2.12 bits per heavy atom. The van der Waals surface area contributed by atoms with Crippen LogP contribution in [0.5, 0.6) is 0 Å². The third-order valence-corrected chi connectivity index (χ3v) is 2.20. The Morgan fingerprint density at radius 1 is 1.25 bits per heavy atom. The van der Waals surface area contributed by atoms with Gasteiger partial charge in [-0.1, -0.05) is 6.07 Å². The number of halogens is 1. The molecule has 0 spiro atoms. The van der Waals surface area contributed by atoms with Gasteiger partial charge >= 0.3 is 0 Å². The van der Waals surface area contributed by atoms with Crippen LogP contribution in [-0.4, -0.2) is 15.0 Å². The van der Waals surface area contributed by atoms with E-state index in [1.54, 1.807) is 12.3 Å². The van der Waals surface area contributed by atoms with Crippen LogP contribution in [-0.2, 0) is 6.54 Å². The van der Waals surface area contributed by atoms with E-state index in [9.17, 15) is 0 Å². The van der Waals surface area contributed by atoms with Crippen molar-refractivity contribution in [2.75, 3.05) is 5.32 Å². The molecule has 1 N–H and O–H groups in total. The zero-order chi connectivity index (χ0) is 11.4. The molecule has 0 saturated heterocycles. The summed E-state index contributed by atoms with van der Waals surface area (Å²) in [7, 11) is 0. The average Bonchev–Trinajstić information content (AvgIpc) is 2.27. The Kier molecular flexibility index (Phi) is 3.31. The van der Waals surface area contributed by atoms with Gasteiger partial charge in [-0.05, 0) is 36.7 Å². The van der Waals surface area contributed by atoms with E-state index in [0.717, 1.165) is 11.4 Å². The number of nitrogens with zero attached hydrogens (tertiary/aromatic N) is 3. The van der Waals surface area contributed by atoms with E-state index in [0.29, 0.717) is 12.4 Å². The van der Waals surface area contributed by atoms with E-state index in [1.165, 1.54) is 0 Å². The minimum Gasteiger partial charge on any atom is -0.364 e. The molecule has 2 aromatic rings. The molecule has 4 nitrogen and oxygen atoms in total. The maximum atomic E-state index is 5.67. The lowest BCUT2D eigenvalue weighted by molar-refractivity contribution is 0.998. The molecule has 82 valence electrons. The highest BCUT2D eigenvalue weighted by Gasteiger charge is 1.98. The summed E-state index contributed by atoms with van der Waals surface area (Å²) in [6.45, 7) is 2.58. The predicted octanol–water partition coefficient (Wildman–Crippen LogP) is 2.45. The zero-order valence-electron chi connectivity index (χ0n) is 8.81. The highest BCUT2D eigenvalue weighted by molar-refractivity contribution is 6.28. The van der Waals surface area contributed by atoms with E-state index in [-0.39, 0.29) is 5.28 Å². The van der Waals surface area contributed by atoms with Crippen LogP contribution in [0.1, 0.15) is 11.4 Å². The number of aromatic nitrogens is 3. The zero-order valence-corrected chi connectivity index (χ0v) is 9.57. The third-order valence-electron chi connectivity index (χ3n) is 2.02. The summed E-state index contributed by atoms with van der Waals surface area (Å²) in [4.78, 5) is 12.2. The van der Waals surface area contributed by atoms with Crippen molar-refractivity contribution in [2.45, 2.75) is 13.5 Å². The van der Waals surface area contributed by atoms with Crippen LogP contribution < -0.4 is 5.32 Å². The van der Waals surface area contributed by atoms with Crippen LogP contribution >= 0.6 is 11.6 Å². The first-order chi connectivity index (χ1) is 7.74. The van der Waals surface area contributed by atoms with Crippen molar-refractivity contribution < 1.29 is 0 Å². The molecule has 0 aliphatic heterocycles. The van der Waals surface area contributed by atoms with Gasteiger partial charge in [0.1, 0.15) is 5.82 Å². The van der Waals surface area contributed by atoms with Gasteiger partial charge in [-0.25, -0.2) is 9.97 Å².